The van der Waals surface area contributed by atoms with Crippen molar-refractivity contribution in [2.24, 2.45) is 5.92 Å². The number of hydrogen-bond acceptors (Lipinski definition) is 2. The van der Waals surface area contributed by atoms with Crippen LogP contribution in [0.15, 0.2) is 128 Å². The van der Waals surface area contributed by atoms with E-state index in [1.165, 1.54) is 38.5 Å². The second-order valence-corrected chi connectivity index (χ2v) is 11.3. The summed E-state index contributed by atoms with van der Waals surface area (Å²) in [6.07, 6.45) is 3.80. The zero-order chi connectivity index (χ0) is 29.8. The number of aryl methyl sites for hydroxylation is 1. The van der Waals surface area contributed by atoms with Crippen LogP contribution in [-0.2, 0) is 26.7 Å². The molecular formula is C40H35IrN3-2. The summed E-state index contributed by atoms with van der Waals surface area (Å²) >= 11 is 0. The van der Waals surface area contributed by atoms with Crippen molar-refractivity contribution in [1.82, 2.24) is 14.5 Å². The molecule has 44 heavy (non-hydrogen) atoms. The van der Waals surface area contributed by atoms with Crippen LogP contribution < -0.4 is 0 Å². The van der Waals surface area contributed by atoms with Crippen LogP contribution in [-0.4, -0.2) is 14.5 Å². The van der Waals surface area contributed by atoms with E-state index in [4.69, 9.17) is 0 Å². The monoisotopic (exact) mass is 750 g/mol. The van der Waals surface area contributed by atoms with Gasteiger partial charge in [0.1, 0.15) is 0 Å². The third-order valence-corrected chi connectivity index (χ3v) is 7.68. The second-order valence-electron chi connectivity index (χ2n) is 11.3. The van der Waals surface area contributed by atoms with Crippen LogP contribution in [0.25, 0.3) is 55.4 Å². The Kier molecular flexibility index (Phi) is 9.75. The van der Waals surface area contributed by atoms with Crippen LogP contribution in [0.3, 0.4) is 0 Å². The number of nitrogens with zero attached hydrogens (tertiary/aromatic N) is 3. The molecule has 0 aliphatic rings. The van der Waals surface area contributed by atoms with E-state index >= 15 is 0 Å². The van der Waals surface area contributed by atoms with Crippen molar-refractivity contribution in [1.29, 1.82) is 0 Å². The first-order valence-corrected chi connectivity index (χ1v) is 14.8. The van der Waals surface area contributed by atoms with Crippen LogP contribution in [0, 0.1) is 25.8 Å². The van der Waals surface area contributed by atoms with E-state index in [-0.39, 0.29) is 20.1 Å². The number of para-hydroxylation sites is 1. The molecule has 7 aromatic rings. The Balaban J connectivity index is 0.000000172. The van der Waals surface area contributed by atoms with Gasteiger partial charge in [-0.2, -0.15) is 18.6 Å². The number of hydrogen-bond donors (Lipinski definition) is 0. The minimum atomic E-state index is 0. The molecule has 7 rings (SSSR count). The summed E-state index contributed by atoms with van der Waals surface area (Å²) in [6.45, 7) is 11.7. The Hall–Kier alpha value is -4.50. The molecule has 3 heterocycles. The fraction of sp³-hybridized carbons (Fsp3) is 0.125. The third kappa shape index (κ3) is 6.38. The van der Waals surface area contributed by atoms with Crippen molar-refractivity contribution in [3.8, 4) is 33.6 Å². The Bertz CT molecular complexity index is 1990. The summed E-state index contributed by atoms with van der Waals surface area (Å²) in [7, 11) is 0. The quantitative estimate of drug-likeness (QED) is 0.164. The zero-order valence-corrected chi connectivity index (χ0v) is 27.7. The van der Waals surface area contributed by atoms with Crippen LogP contribution in [0.1, 0.15) is 25.0 Å². The molecule has 0 aliphatic carbocycles. The Morgan fingerprint density at radius 1 is 0.750 bits per heavy atom. The summed E-state index contributed by atoms with van der Waals surface area (Å²) < 4.78 is 2.43. The van der Waals surface area contributed by atoms with Gasteiger partial charge in [-0.1, -0.05) is 86.0 Å². The van der Waals surface area contributed by atoms with Gasteiger partial charge in [-0.25, -0.2) is 0 Å². The fourth-order valence-electron chi connectivity index (χ4n) is 5.70. The van der Waals surface area contributed by atoms with Gasteiger partial charge in [-0.3, -0.25) is 4.98 Å². The molecule has 0 amide bonds. The van der Waals surface area contributed by atoms with Crippen LogP contribution in [0.2, 0.25) is 0 Å². The van der Waals surface area contributed by atoms with E-state index in [1.54, 1.807) is 0 Å². The normalized spacial score (nSPS) is 10.8. The molecule has 0 saturated heterocycles. The van der Waals surface area contributed by atoms with E-state index in [1.807, 2.05) is 67.0 Å². The van der Waals surface area contributed by atoms with Gasteiger partial charge in [-0.05, 0) is 58.8 Å². The number of benzene rings is 4. The molecule has 0 fully saturated rings. The zero-order valence-electron chi connectivity index (χ0n) is 25.3. The number of rotatable bonds is 5. The van der Waals surface area contributed by atoms with Crippen molar-refractivity contribution in [3.05, 3.63) is 152 Å². The molecule has 0 aliphatic heterocycles. The molecule has 3 aromatic heterocycles. The van der Waals surface area contributed by atoms with Gasteiger partial charge in [0.15, 0.2) is 0 Å². The Morgan fingerprint density at radius 3 is 2.20 bits per heavy atom. The van der Waals surface area contributed by atoms with E-state index < -0.39 is 0 Å². The number of fused-ring (bicyclic) bond motifs is 3. The van der Waals surface area contributed by atoms with Crippen LogP contribution >= 0.6 is 0 Å². The first kappa shape index (κ1) is 30.9. The molecule has 3 nitrogen and oxygen atoms in total. The van der Waals surface area contributed by atoms with Crippen molar-refractivity contribution in [3.63, 3.8) is 0 Å². The number of pyridine rings is 2. The van der Waals surface area contributed by atoms with Gasteiger partial charge in [0.2, 0.25) is 0 Å². The van der Waals surface area contributed by atoms with Crippen molar-refractivity contribution in [2.45, 2.75) is 27.3 Å². The van der Waals surface area contributed by atoms with Crippen LogP contribution in [0.4, 0.5) is 0 Å². The van der Waals surface area contributed by atoms with E-state index in [0.29, 0.717) is 5.92 Å². The van der Waals surface area contributed by atoms with Gasteiger partial charge in [0.05, 0.1) is 0 Å². The molecule has 4 aromatic carbocycles. The van der Waals surface area contributed by atoms with Gasteiger partial charge >= 0.3 is 0 Å². The number of aromatic nitrogens is 3. The molecule has 0 spiro atoms. The summed E-state index contributed by atoms with van der Waals surface area (Å²) in [6, 6.07) is 42.8. The summed E-state index contributed by atoms with van der Waals surface area (Å²) in [5.41, 5.74) is 11.3. The maximum atomic E-state index is 4.61. The van der Waals surface area contributed by atoms with Crippen molar-refractivity contribution < 1.29 is 20.1 Å². The molecule has 221 valence electrons. The summed E-state index contributed by atoms with van der Waals surface area (Å²) in [5, 5.41) is 2.58. The van der Waals surface area contributed by atoms with Crippen molar-refractivity contribution >= 4 is 21.8 Å². The van der Waals surface area contributed by atoms with Gasteiger partial charge < -0.3 is 9.55 Å². The molecule has 0 N–H and O–H groups in total. The molecule has 0 bridgehead atoms. The van der Waals surface area contributed by atoms with Crippen molar-refractivity contribution in [2.75, 3.05) is 0 Å². The van der Waals surface area contributed by atoms with Gasteiger partial charge in [0.25, 0.3) is 0 Å². The minimum Gasteiger partial charge on any atom is -0.380 e. The molecular weight excluding hydrogens is 715 g/mol. The van der Waals surface area contributed by atoms with Gasteiger partial charge in [-0.15, -0.1) is 41.5 Å². The first-order valence-electron chi connectivity index (χ1n) is 14.8. The largest absolute Gasteiger partial charge is 0.380 e. The standard InChI is InChI=1S/C21H19N2.C19H16N.Ir/c1-15(2)14-23-20-12-4-3-8-16(20)17-9-7-10-18(21(17)23)19-11-5-6-13-22-19;1-14-8-6-7-11-17(14)19-12-15(2)18(13-20-19)16-9-4-3-5-10-16;/h3-9,11-13,15H,14H2,1-2H3;3-13H,1H2,2H3;/q2*-1;. The van der Waals surface area contributed by atoms with E-state index in [0.717, 1.165) is 34.6 Å². The molecule has 0 saturated carbocycles. The molecule has 0 atom stereocenters. The summed E-state index contributed by atoms with van der Waals surface area (Å²) in [5.74, 6) is 0.575. The van der Waals surface area contributed by atoms with Crippen LogP contribution in [0.5, 0.6) is 0 Å². The Labute approximate surface area is 274 Å². The minimum absolute atomic E-state index is 0. The average Bonchev–Trinajstić information content (AvgIpc) is 3.35. The Morgan fingerprint density at radius 2 is 1.48 bits per heavy atom. The average molecular weight is 750 g/mol. The topological polar surface area (TPSA) is 30.7 Å². The first-order chi connectivity index (χ1) is 21.0. The smallest absolute Gasteiger partial charge is 0.0391 e. The molecule has 0 unspecified atom stereocenters. The third-order valence-electron chi connectivity index (χ3n) is 7.68. The van der Waals surface area contributed by atoms with E-state index in [2.05, 4.69) is 109 Å². The summed E-state index contributed by atoms with van der Waals surface area (Å²) in [4.78, 5) is 9.15. The maximum absolute atomic E-state index is 4.61. The predicted octanol–water partition coefficient (Wildman–Crippen LogP) is 10.2. The SMILES string of the molecule is CC(C)Cn1c2ccccc2c2cc[c-]c(-c3ccccn3)c21.[CH2-]c1ccccc1-c1cc(C)c(-c2ccccc2)cn1.[Ir]. The van der Waals surface area contributed by atoms with E-state index in [9.17, 15) is 0 Å². The molecule has 1 radical (unpaired) electrons. The second kappa shape index (κ2) is 13.9. The predicted molar refractivity (Wildman–Crippen MR) is 181 cm³/mol. The maximum Gasteiger partial charge on any atom is 0.0391 e. The molecule has 4 heteroatoms. The van der Waals surface area contributed by atoms with Gasteiger partial charge in [0, 0.05) is 55.8 Å². The fourth-order valence-corrected chi connectivity index (χ4v) is 5.70.